The molecule has 6 heteroatoms. The number of rotatable bonds is 2. The Kier molecular flexibility index (Phi) is 3.12. The van der Waals surface area contributed by atoms with Gasteiger partial charge >= 0.3 is 4.59 Å². The number of hydrogen-bond donors (Lipinski definition) is 0. The molecule has 1 unspecified atom stereocenters. The van der Waals surface area contributed by atoms with Crippen molar-refractivity contribution in [1.82, 2.24) is 0 Å². The zero-order valence-corrected chi connectivity index (χ0v) is 6.14. The minimum Gasteiger partial charge on any atom is -0.288 e. The first kappa shape index (κ1) is 9.40. The van der Waals surface area contributed by atoms with Crippen LogP contribution >= 0.6 is 34.8 Å². The Balaban J connectivity index is 4.06. The predicted octanol–water partition coefficient (Wildman–Crippen LogP) is 2.19. The Bertz CT molecular complexity index is 119. The molecule has 1 atom stereocenters. The Labute approximate surface area is 64.9 Å². The van der Waals surface area contributed by atoms with E-state index in [9.17, 15) is 13.6 Å². The fourth-order valence-electron chi connectivity index (χ4n) is 0.124. The van der Waals surface area contributed by atoms with Gasteiger partial charge in [-0.3, -0.25) is 4.79 Å². The molecule has 0 saturated carbocycles. The van der Waals surface area contributed by atoms with Gasteiger partial charge in [-0.15, -0.1) is 0 Å². The molecule has 0 aliphatic carbocycles. The maximum Gasteiger partial charge on any atom is 0.320 e. The van der Waals surface area contributed by atoms with Crippen LogP contribution in [-0.4, -0.2) is 16.0 Å². The highest BCUT2D eigenvalue weighted by atomic mass is 35.5. The summed E-state index contributed by atoms with van der Waals surface area (Å²) in [5.74, 6) is -1.70. The highest BCUT2D eigenvalue weighted by Gasteiger charge is 2.38. The predicted molar refractivity (Wildman–Crippen MR) is 31.3 cm³/mol. The molecular formula is C3HCl3F2O. The number of carbonyl (C=O) groups is 1. The third-order valence-corrected chi connectivity index (χ3v) is 1.05. The number of hydrogen-bond acceptors (Lipinski definition) is 1. The van der Waals surface area contributed by atoms with Crippen LogP contribution in [-0.2, 0) is 4.79 Å². The first-order chi connectivity index (χ1) is 3.85. The fourth-order valence-corrected chi connectivity index (χ4v) is 0.577. The third kappa shape index (κ3) is 3.18. The van der Waals surface area contributed by atoms with Crippen LogP contribution in [0, 0.1) is 0 Å². The van der Waals surface area contributed by atoms with Gasteiger partial charge in [-0.1, -0.05) is 34.8 Å². The lowest BCUT2D eigenvalue weighted by Crippen LogP contribution is -2.26. The van der Waals surface area contributed by atoms with E-state index in [4.69, 9.17) is 0 Å². The van der Waals surface area contributed by atoms with Gasteiger partial charge in [-0.05, 0) is 0 Å². The average molecular weight is 197 g/mol. The van der Waals surface area contributed by atoms with E-state index in [1.54, 1.807) is 0 Å². The third-order valence-electron chi connectivity index (χ3n) is 0.478. The molecule has 0 aromatic heterocycles. The van der Waals surface area contributed by atoms with Gasteiger partial charge in [0, 0.05) is 0 Å². The van der Waals surface area contributed by atoms with Gasteiger partial charge in [0.05, 0.1) is 0 Å². The highest BCUT2D eigenvalue weighted by molar-refractivity contribution is 6.59. The summed E-state index contributed by atoms with van der Waals surface area (Å²) in [5.41, 5.74) is -2.50. The molecule has 0 aliphatic heterocycles. The molecule has 54 valence electrons. The molecule has 0 rings (SSSR count). The monoisotopic (exact) mass is 196 g/mol. The van der Waals surface area contributed by atoms with Gasteiger partial charge in [-0.2, -0.15) is 4.39 Å². The number of ketones is 1. The van der Waals surface area contributed by atoms with Crippen molar-refractivity contribution < 1.29 is 13.6 Å². The summed E-state index contributed by atoms with van der Waals surface area (Å²) in [6.07, 6.45) is 0. The summed E-state index contributed by atoms with van der Waals surface area (Å²) in [6.45, 7) is 0. The molecule has 0 bridgehead atoms. The summed E-state index contributed by atoms with van der Waals surface area (Å²) in [6, 6.07) is 0. The van der Waals surface area contributed by atoms with Gasteiger partial charge in [0.1, 0.15) is 0 Å². The second-order valence-corrected chi connectivity index (χ2v) is 2.78. The molecule has 0 amide bonds. The fraction of sp³-hybridized carbons (Fsp3) is 0.667. The van der Waals surface area contributed by atoms with E-state index in [0.717, 1.165) is 0 Å². The Morgan fingerprint density at radius 3 is 1.89 bits per heavy atom. The van der Waals surface area contributed by atoms with Crippen molar-refractivity contribution >= 4 is 40.6 Å². The van der Waals surface area contributed by atoms with E-state index in [1.807, 2.05) is 0 Å². The SMILES string of the molecule is O=C(C(F)Cl)C(F)(Cl)Cl. The van der Waals surface area contributed by atoms with Crippen molar-refractivity contribution in [3.05, 3.63) is 0 Å². The van der Waals surface area contributed by atoms with Gasteiger partial charge in [0.15, 0.2) is 0 Å². The van der Waals surface area contributed by atoms with E-state index in [0.29, 0.717) is 0 Å². The Hall–Kier alpha value is 0.400. The number of Topliss-reactive ketones (excluding diaryl/α,β-unsaturated/α-hetero) is 1. The summed E-state index contributed by atoms with van der Waals surface area (Å²) >= 11 is 13.5. The molecule has 0 fully saturated rings. The zero-order valence-electron chi connectivity index (χ0n) is 3.88. The molecule has 0 heterocycles. The quantitative estimate of drug-likeness (QED) is 0.620. The lowest BCUT2D eigenvalue weighted by atomic mass is 10.5. The van der Waals surface area contributed by atoms with E-state index in [2.05, 4.69) is 34.8 Å². The maximum absolute atomic E-state index is 11.9. The van der Waals surface area contributed by atoms with E-state index in [1.165, 1.54) is 0 Å². The normalized spacial score (nSPS) is 15.2. The van der Waals surface area contributed by atoms with Gasteiger partial charge in [-0.25, -0.2) is 4.39 Å². The van der Waals surface area contributed by atoms with Gasteiger partial charge in [0.25, 0.3) is 0 Å². The van der Waals surface area contributed by atoms with Crippen molar-refractivity contribution in [2.24, 2.45) is 0 Å². The van der Waals surface area contributed by atoms with Crippen LogP contribution in [0.2, 0.25) is 0 Å². The van der Waals surface area contributed by atoms with Crippen LogP contribution < -0.4 is 0 Å². The van der Waals surface area contributed by atoms with Crippen LogP contribution in [0.3, 0.4) is 0 Å². The summed E-state index contributed by atoms with van der Waals surface area (Å²) in [5, 5.41) is 0. The minimum absolute atomic E-state index is 1.70. The van der Waals surface area contributed by atoms with Crippen LogP contribution in [0.5, 0.6) is 0 Å². The number of carbonyl (C=O) groups excluding carboxylic acids is 1. The summed E-state index contributed by atoms with van der Waals surface area (Å²) in [4.78, 5) is 10.0. The van der Waals surface area contributed by atoms with E-state index in [-0.39, 0.29) is 0 Å². The summed E-state index contributed by atoms with van der Waals surface area (Å²) in [7, 11) is 0. The molecule has 0 saturated heterocycles. The molecule has 1 nitrogen and oxygen atoms in total. The average Bonchev–Trinajstić information content (AvgIpc) is 1.62. The van der Waals surface area contributed by atoms with Crippen LogP contribution in [0.15, 0.2) is 0 Å². The molecule has 0 aromatic carbocycles. The zero-order chi connectivity index (χ0) is 7.65. The van der Waals surface area contributed by atoms with Gasteiger partial charge in [0.2, 0.25) is 11.4 Å². The maximum atomic E-state index is 11.9. The highest BCUT2D eigenvalue weighted by Crippen LogP contribution is 2.26. The van der Waals surface area contributed by atoms with Crippen molar-refractivity contribution in [2.75, 3.05) is 0 Å². The van der Waals surface area contributed by atoms with Crippen molar-refractivity contribution in [3.63, 3.8) is 0 Å². The van der Waals surface area contributed by atoms with Crippen LogP contribution in [0.1, 0.15) is 0 Å². The minimum atomic E-state index is -3.22. The Morgan fingerprint density at radius 2 is 1.89 bits per heavy atom. The van der Waals surface area contributed by atoms with Crippen molar-refractivity contribution in [2.45, 2.75) is 10.2 Å². The van der Waals surface area contributed by atoms with Gasteiger partial charge < -0.3 is 0 Å². The standard InChI is InChI=1S/C3HCl3F2O/c4-2(7)1(9)3(5,6)8/h2H. The Morgan fingerprint density at radius 1 is 1.56 bits per heavy atom. The molecule has 0 N–H and O–H groups in total. The van der Waals surface area contributed by atoms with Crippen LogP contribution in [0.25, 0.3) is 0 Å². The molecule has 0 radical (unpaired) electrons. The lowest BCUT2D eigenvalue weighted by molar-refractivity contribution is -0.125. The topological polar surface area (TPSA) is 17.1 Å². The second-order valence-electron chi connectivity index (χ2n) is 1.16. The smallest absolute Gasteiger partial charge is 0.288 e. The number of alkyl halides is 5. The molecule has 0 aliphatic rings. The molecule has 0 aromatic rings. The first-order valence-electron chi connectivity index (χ1n) is 1.75. The van der Waals surface area contributed by atoms with Crippen LogP contribution in [0.4, 0.5) is 8.78 Å². The van der Waals surface area contributed by atoms with E-state index >= 15 is 0 Å². The molecule has 9 heavy (non-hydrogen) atoms. The number of halogens is 5. The van der Waals surface area contributed by atoms with E-state index < -0.39 is 16.0 Å². The summed E-state index contributed by atoms with van der Waals surface area (Å²) < 4.78 is 20.3. The largest absolute Gasteiger partial charge is 0.320 e. The van der Waals surface area contributed by atoms with Crippen molar-refractivity contribution in [3.8, 4) is 0 Å². The molecule has 0 spiro atoms. The first-order valence-corrected chi connectivity index (χ1v) is 2.94. The molecular weight excluding hydrogens is 196 g/mol. The lowest BCUT2D eigenvalue weighted by Gasteiger charge is -2.05. The van der Waals surface area contributed by atoms with Crippen molar-refractivity contribution in [1.29, 1.82) is 0 Å². The second kappa shape index (κ2) is 2.99.